The number of carbonyl (C=O) groups is 1. The van der Waals surface area contributed by atoms with Gasteiger partial charge in [-0.2, -0.15) is 5.10 Å². The average molecular weight is 204 g/mol. The maximum atomic E-state index is 12.0. The maximum Gasteiger partial charge on any atom is 0.166 e. The Bertz CT molecular complexity index is 429. The molecular weight excluding hydrogens is 188 g/mol. The molecule has 0 radical (unpaired) electrons. The van der Waals surface area contributed by atoms with Crippen molar-refractivity contribution in [3.63, 3.8) is 0 Å². The summed E-state index contributed by atoms with van der Waals surface area (Å²) in [6.07, 6.45) is 4.15. The molecule has 1 fully saturated rings. The number of fused-ring (bicyclic) bond motifs is 1. The van der Waals surface area contributed by atoms with E-state index in [2.05, 4.69) is 12.0 Å². The van der Waals surface area contributed by atoms with Gasteiger partial charge >= 0.3 is 0 Å². The normalized spacial score (nSPS) is 25.5. The summed E-state index contributed by atoms with van der Waals surface area (Å²) in [4.78, 5) is 12.0. The van der Waals surface area contributed by atoms with Crippen molar-refractivity contribution in [2.45, 2.75) is 38.5 Å². The highest BCUT2D eigenvalue weighted by atomic mass is 16.1. The van der Waals surface area contributed by atoms with Gasteiger partial charge in [-0.15, -0.1) is 0 Å². The lowest BCUT2D eigenvalue weighted by Crippen LogP contribution is -2.19. The molecule has 1 atom stereocenters. The number of carbonyl (C=O) groups excluding carboxylic acids is 1. The van der Waals surface area contributed by atoms with E-state index >= 15 is 0 Å². The van der Waals surface area contributed by atoms with Gasteiger partial charge in [0.05, 0.1) is 11.3 Å². The summed E-state index contributed by atoms with van der Waals surface area (Å²) in [5.74, 6) is 1.38. The lowest BCUT2D eigenvalue weighted by molar-refractivity contribution is 0.0951. The van der Waals surface area contributed by atoms with Crippen LogP contribution >= 0.6 is 0 Å². The fourth-order valence-corrected chi connectivity index (χ4v) is 2.58. The zero-order valence-electron chi connectivity index (χ0n) is 9.29. The summed E-state index contributed by atoms with van der Waals surface area (Å²) < 4.78 is 1.93. The van der Waals surface area contributed by atoms with E-state index in [-0.39, 0.29) is 0 Å². The van der Waals surface area contributed by atoms with Crippen molar-refractivity contribution in [3.05, 3.63) is 17.0 Å². The second-order valence-electron chi connectivity index (χ2n) is 5.04. The maximum absolute atomic E-state index is 12.0. The van der Waals surface area contributed by atoms with Crippen molar-refractivity contribution in [2.75, 3.05) is 0 Å². The van der Waals surface area contributed by atoms with Crippen molar-refractivity contribution in [2.24, 2.45) is 13.0 Å². The smallest absolute Gasteiger partial charge is 0.166 e. The number of nitrogens with zero attached hydrogens (tertiary/aromatic N) is 2. The third-order valence-corrected chi connectivity index (χ3v) is 3.51. The molecule has 1 heterocycles. The Morgan fingerprint density at radius 2 is 2.07 bits per heavy atom. The lowest BCUT2D eigenvalue weighted by atomic mass is 9.86. The van der Waals surface area contributed by atoms with Crippen LogP contribution < -0.4 is 0 Å². The molecule has 0 aliphatic heterocycles. The molecule has 0 N–H and O–H groups in total. The Kier molecular flexibility index (Phi) is 1.79. The van der Waals surface area contributed by atoms with Crippen LogP contribution in [-0.4, -0.2) is 15.6 Å². The predicted octanol–water partition coefficient (Wildman–Crippen LogP) is 2.06. The first kappa shape index (κ1) is 9.13. The highest BCUT2D eigenvalue weighted by Gasteiger charge is 2.36. The minimum atomic E-state index is 0.318. The van der Waals surface area contributed by atoms with Gasteiger partial charge in [-0.05, 0) is 25.2 Å². The molecule has 2 aliphatic rings. The van der Waals surface area contributed by atoms with Gasteiger partial charge in [0, 0.05) is 25.1 Å². The van der Waals surface area contributed by atoms with Gasteiger partial charge in [-0.1, -0.05) is 6.92 Å². The van der Waals surface area contributed by atoms with Crippen LogP contribution in [-0.2, 0) is 13.5 Å². The van der Waals surface area contributed by atoms with E-state index in [0.717, 1.165) is 17.7 Å². The van der Waals surface area contributed by atoms with Crippen molar-refractivity contribution in [1.82, 2.24) is 9.78 Å². The van der Waals surface area contributed by atoms with E-state index in [9.17, 15) is 4.79 Å². The summed E-state index contributed by atoms with van der Waals surface area (Å²) in [6.45, 7) is 2.14. The number of aromatic nitrogens is 2. The predicted molar refractivity (Wildman–Crippen MR) is 57.0 cm³/mol. The van der Waals surface area contributed by atoms with Gasteiger partial charge < -0.3 is 0 Å². The zero-order chi connectivity index (χ0) is 10.6. The van der Waals surface area contributed by atoms with Crippen LogP contribution in [0.25, 0.3) is 0 Å². The molecule has 1 aromatic rings. The Balaban J connectivity index is 2.13. The second kappa shape index (κ2) is 2.94. The molecule has 2 aliphatic carbocycles. The molecule has 1 aromatic heterocycles. The minimum Gasteiger partial charge on any atom is -0.294 e. The molecule has 80 valence electrons. The molecule has 0 bridgehead atoms. The van der Waals surface area contributed by atoms with Crippen LogP contribution in [0.5, 0.6) is 0 Å². The molecular formula is C12H16N2O. The number of hydrogen-bond donors (Lipinski definition) is 0. The van der Waals surface area contributed by atoms with Crippen molar-refractivity contribution >= 4 is 5.78 Å². The van der Waals surface area contributed by atoms with Gasteiger partial charge in [0.2, 0.25) is 0 Å². The number of hydrogen-bond acceptors (Lipinski definition) is 2. The number of Topliss-reactive ketones (excluding diaryl/α,β-unsaturated/α-hetero) is 1. The monoisotopic (exact) mass is 204 g/mol. The van der Waals surface area contributed by atoms with Gasteiger partial charge in [0.25, 0.3) is 0 Å². The van der Waals surface area contributed by atoms with Gasteiger partial charge in [-0.25, -0.2) is 0 Å². The van der Waals surface area contributed by atoms with Crippen molar-refractivity contribution in [1.29, 1.82) is 0 Å². The van der Waals surface area contributed by atoms with E-state index in [1.54, 1.807) is 0 Å². The quantitative estimate of drug-likeness (QED) is 0.701. The molecule has 0 spiro atoms. The molecule has 3 heteroatoms. The first-order valence-electron chi connectivity index (χ1n) is 5.75. The topological polar surface area (TPSA) is 34.9 Å². The molecule has 1 saturated carbocycles. The molecule has 0 amide bonds. The van der Waals surface area contributed by atoms with E-state index in [1.165, 1.54) is 18.5 Å². The molecule has 15 heavy (non-hydrogen) atoms. The minimum absolute atomic E-state index is 0.318. The number of aryl methyl sites for hydroxylation is 1. The lowest BCUT2D eigenvalue weighted by Gasteiger charge is -2.18. The van der Waals surface area contributed by atoms with Crippen molar-refractivity contribution < 1.29 is 4.79 Å². The zero-order valence-corrected chi connectivity index (χ0v) is 9.29. The van der Waals surface area contributed by atoms with E-state index < -0.39 is 0 Å². The van der Waals surface area contributed by atoms with Gasteiger partial charge in [-0.3, -0.25) is 9.48 Å². The van der Waals surface area contributed by atoms with Crippen LogP contribution in [0, 0.1) is 5.92 Å². The third kappa shape index (κ3) is 1.33. The Morgan fingerprint density at radius 1 is 1.33 bits per heavy atom. The Labute approximate surface area is 89.5 Å². The van der Waals surface area contributed by atoms with E-state index in [1.807, 2.05) is 11.7 Å². The van der Waals surface area contributed by atoms with Gasteiger partial charge in [0.1, 0.15) is 0 Å². The second-order valence-corrected chi connectivity index (χ2v) is 5.04. The summed E-state index contributed by atoms with van der Waals surface area (Å²) in [6, 6.07) is 0. The first-order valence-corrected chi connectivity index (χ1v) is 5.75. The molecule has 3 nitrogen and oxygen atoms in total. The fourth-order valence-electron chi connectivity index (χ4n) is 2.58. The van der Waals surface area contributed by atoms with Crippen LogP contribution in [0.3, 0.4) is 0 Å². The number of ketones is 1. The summed E-state index contributed by atoms with van der Waals surface area (Å²) >= 11 is 0. The summed E-state index contributed by atoms with van der Waals surface area (Å²) in [7, 11) is 1.97. The van der Waals surface area contributed by atoms with Crippen LogP contribution in [0.1, 0.15) is 53.8 Å². The fraction of sp³-hybridized carbons (Fsp3) is 0.667. The molecule has 3 rings (SSSR count). The Hall–Kier alpha value is -1.12. The third-order valence-electron chi connectivity index (χ3n) is 3.51. The van der Waals surface area contributed by atoms with Crippen LogP contribution in [0.2, 0.25) is 0 Å². The first-order chi connectivity index (χ1) is 7.16. The van der Waals surface area contributed by atoms with E-state index in [4.69, 9.17) is 0 Å². The van der Waals surface area contributed by atoms with Crippen LogP contribution in [0.4, 0.5) is 0 Å². The highest BCUT2D eigenvalue weighted by Crippen LogP contribution is 2.43. The summed E-state index contributed by atoms with van der Waals surface area (Å²) in [5, 5.41) is 4.53. The Morgan fingerprint density at radius 3 is 2.73 bits per heavy atom. The SMILES string of the molecule is CC1CC(=O)c2c(C3CC3)nn(C)c2C1. The molecule has 1 unspecified atom stereocenters. The molecule has 0 aromatic carbocycles. The van der Waals surface area contributed by atoms with E-state index in [0.29, 0.717) is 24.0 Å². The largest absolute Gasteiger partial charge is 0.294 e. The highest BCUT2D eigenvalue weighted by molar-refractivity contribution is 5.99. The van der Waals surface area contributed by atoms with Gasteiger partial charge in [0.15, 0.2) is 5.78 Å². The average Bonchev–Trinajstić information content (AvgIpc) is 2.93. The van der Waals surface area contributed by atoms with Crippen molar-refractivity contribution in [3.8, 4) is 0 Å². The van der Waals surface area contributed by atoms with Crippen LogP contribution in [0.15, 0.2) is 0 Å². The standard InChI is InChI=1S/C12H16N2O/c1-7-5-9-11(10(15)6-7)12(8-3-4-8)13-14(9)2/h7-8H,3-6H2,1-2H3. The summed E-state index contributed by atoms with van der Waals surface area (Å²) in [5.41, 5.74) is 3.23. The molecule has 0 saturated heterocycles. The number of rotatable bonds is 1.